The molecule has 6 rings (SSSR count). The van der Waals surface area contributed by atoms with E-state index in [2.05, 4.69) is 10.3 Å². The minimum atomic E-state index is -1.24. The third-order valence-electron chi connectivity index (χ3n) is 7.14. The highest BCUT2D eigenvalue weighted by Gasteiger charge is 2.42. The lowest BCUT2D eigenvalue weighted by Gasteiger charge is -2.26. The molecule has 3 heterocycles. The van der Waals surface area contributed by atoms with Crippen LogP contribution in [0.5, 0.6) is 17.2 Å². The van der Waals surface area contributed by atoms with Crippen molar-refractivity contribution in [3.05, 3.63) is 126 Å². The van der Waals surface area contributed by atoms with Crippen LogP contribution in [-0.4, -0.2) is 39.4 Å². The number of hydrogen-bond acceptors (Lipinski definition) is 7. The van der Waals surface area contributed by atoms with Crippen molar-refractivity contribution < 1.29 is 33.7 Å². The number of nitrogens with one attached hydrogen (secondary N) is 1. The number of carboxylic acid groups (broad SMARTS) is 2. The molecule has 0 aliphatic carbocycles. The van der Waals surface area contributed by atoms with Gasteiger partial charge in [0, 0.05) is 17.4 Å². The van der Waals surface area contributed by atoms with Crippen molar-refractivity contribution in [3.8, 4) is 28.6 Å². The molecular formula is C33H25N3O7S. The number of nitrogens with zero attached hydrogens (tertiary/aromatic N) is 2. The van der Waals surface area contributed by atoms with Crippen LogP contribution in [0.2, 0.25) is 0 Å². The molecule has 44 heavy (non-hydrogen) atoms. The molecule has 1 fully saturated rings. The zero-order chi connectivity index (χ0) is 30.8. The molecule has 0 bridgehead atoms. The van der Waals surface area contributed by atoms with E-state index in [1.165, 1.54) is 12.1 Å². The maximum atomic E-state index is 11.7. The summed E-state index contributed by atoms with van der Waals surface area (Å²) in [5, 5.41) is 22.9. The van der Waals surface area contributed by atoms with Crippen LogP contribution >= 0.6 is 12.2 Å². The summed E-state index contributed by atoms with van der Waals surface area (Å²) in [4.78, 5) is 29.8. The van der Waals surface area contributed by atoms with E-state index in [0.717, 1.165) is 23.2 Å². The van der Waals surface area contributed by atoms with Gasteiger partial charge in [0.15, 0.2) is 5.11 Å². The molecule has 3 aromatic carbocycles. The molecule has 1 aliphatic rings. The van der Waals surface area contributed by atoms with Gasteiger partial charge in [0.2, 0.25) is 0 Å². The molecule has 1 saturated heterocycles. The third kappa shape index (κ3) is 5.68. The van der Waals surface area contributed by atoms with Gasteiger partial charge in [-0.25, -0.2) is 9.59 Å². The maximum absolute atomic E-state index is 11.7. The summed E-state index contributed by atoms with van der Waals surface area (Å²) in [6.07, 6.45) is 1.70. The Bertz CT molecular complexity index is 1810. The van der Waals surface area contributed by atoms with E-state index in [0.29, 0.717) is 33.7 Å². The van der Waals surface area contributed by atoms with Crippen LogP contribution < -0.4 is 19.7 Å². The monoisotopic (exact) mass is 607 g/mol. The molecule has 11 heteroatoms. The molecule has 1 aliphatic heterocycles. The number of ether oxygens (including phenoxy) is 2. The van der Waals surface area contributed by atoms with Crippen molar-refractivity contribution in [2.45, 2.75) is 12.1 Å². The second kappa shape index (κ2) is 11.9. The molecule has 0 radical (unpaired) electrons. The van der Waals surface area contributed by atoms with Crippen LogP contribution in [0, 0.1) is 0 Å². The van der Waals surface area contributed by atoms with E-state index in [1.807, 2.05) is 71.6 Å². The Labute approximate surface area is 257 Å². The van der Waals surface area contributed by atoms with Gasteiger partial charge in [-0.15, -0.1) is 0 Å². The predicted molar refractivity (Wildman–Crippen MR) is 166 cm³/mol. The Morgan fingerprint density at radius 2 is 1.50 bits per heavy atom. The molecule has 0 unspecified atom stereocenters. The van der Waals surface area contributed by atoms with Gasteiger partial charge in [-0.3, -0.25) is 4.98 Å². The lowest BCUT2D eigenvalue weighted by Crippen LogP contribution is -2.29. The molecule has 2 atom stereocenters. The van der Waals surface area contributed by atoms with E-state index >= 15 is 0 Å². The first-order valence-corrected chi connectivity index (χ1v) is 13.9. The van der Waals surface area contributed by atoms with Crippen molar-refractivity contribution in [2.24, 2.45) is 0 Å². The SMILES string of the molecule is COc1ccc(Oc2ccc(N3C(=S)N[C@H](c4ccccn4)[C@H]3c3ccc(-c4cc(C(=O)O)cc(C(=O)O)c4)o3)cc2)cc1. The Balaban J connectivity index is 1.36. The van der Waals surface area contributed by atoms with E-state index in [-0.39, 0.29) is 11.1 Å². The second-order valence-electron chi connectivity index (χ2n) is 9.88. The molecular weight excluding hydrogens is 582 g/mol. The number of aromatic carboxylic acids is 2. The molecule has 10 nitrogen and oxygen atoms in total. The summed E-state index contributed by atoms with van der Waals surface area (Å²) < 4.78 is 17.5. The van der Waals surface area contributed by atoms with Gasteiger partial charge in [-0.05, 0) is 103 Å². The normalized spacial score (nSPS) is 15.9. The number of thiocarbonyl (C=S) groups is 1. The number of furan rings is 1. The number of rotatable bonds is 9. The highest BCUT2D eigenvalue weighted by molar-refractivity contribution is 7.80. The summed E-state index contributed by atoms with van der Waals surface area (Å²) in [6.45, 7) is 0. The fourth-order valence-electron chi connectivity index (χ4n) is 5.06. The number of carbonyl (C=O) groups is 2. The standard InChI is InChI=1S/C33H25N3O7S/c1-41-23-9-11-25(12-10-23)42-24-7-5-22(6-8-24)36-30(29(35-33(36)44)26-4-2-3-15-34-26)28-14-13-27(43-28)19-16-20(31(37)38)18-21(17-19)32(39)40/h2-18,29-30H,1H3,(H,35,44)(H,37,38)(H,39,40)/t29-,30-/m1/s1. The Kier molecular flexibility index (Phi) is 7.69. The van der Waals surface area contributed by atoms with E-state index in [9.17, 15) is 19.8 Å². The molecule has 2 aromatic heterocycles. The van der Waals surface area contributed by atoms with E-state index in [1.54, 1.807) is 25.4 Å². The average Bonchev–Trinajstić information content (AvgIpc) is 3.67. The van der Waals surface area contributed by atoms with Crippen LogP contribution in [0.1, 0.15) is 44.3 Å². The summed E-state index contributed by atoms with van der Waals surface area (Å²) >= 11 is 5.80. The zero-order valence-corrected chi connectivity index (χ0v) is 24.0. The van der Waals surface area contributed by atoms with Gasteiger partial charge in [-0.2, -0.15) is 0 Å². The van der Waals surface area contributed by atoms with Crippen molar-refractivity contribution in [2.75, 3.05) is 12.0 Å². The average molecular weight is 608 g/mol. The number of hydrogen-bond donors (Lipinski definition) is 3. The second-order valence-corrected chi connectivity index (χ2v) is 10.3. The fraction of sp³-hybridized carbons (Fsp3) is 0.0909. The number of pyridine rings is 1. The van der Waals surface area contributed by atoms with Gasteiger partial charge in [-0.1, -0.05) is 6.07 Å². The Morgan fingerprint density at radius 1 is 0.864 bits per heavy atom. The van der Waals surface area contributed by atoms with Gasteiger partial charge in [0.25, 0.3) is 0 Å². The summed E-state index contributed by atoms with van der Waals surface area (Å²) in [6, 6.07) is 26.8. The summed E-state index contributed by atoms with van der Waals surface area (Å²) in [5.74, 6) is 0.355. The Hall–Kier alpha value is -5.68. The number of aromatic nitrogens is 1. The zero-order valence-electron chi connectivity index (χ0n) is 23.2. The first-order chi connectivity index (χ1) is 21.3. The van der Waals surface area contributed by atoms with Crippen molar-refractivity contribution in [1.29, 1.82) is 0 Å². The van der Waals surface area contributed by atoms with Crippen LogP contribution in [0.15, 0.2) is 108 Å². The maximum Gasteiger partial charge on any atom is 0.335 e. The largest absolute Gasteiger partial charge is 0.497 e. The fourth-order valence-corrected chi connectivity index (χ4v) is 5.41. The van der Waals surface area contributed by atoms with Crippen LogP contribution in [0.4, 0.5) is 5.69 Å². The number of benzene rings is 3. The minimum absolute atomic E-state index is 0.161. The lowest BCUT2D eigenvalue weighted by molar-refractivity contribution is 0.0696. The van der Waals surface area contributed by atoms with Crippen LogP contribution in [0.25, 0.3) is 11.3 Å². The molecule has 5 aromatic rings. The van der Waals surface area contributed by atoms with Gasteiger partial charge in [0.05, 0.1) is 30.0 Å². The van der Waals surface area contributed by atoms with Gasteiger partial charge < -0.3 is 34.3 Å². The highest BCUT2D eigenvalue weighted by Crippen LogP contribution is 2.43. The topological polar surface area (TPSA) is 134 Å². The number of methoxy groups -OCH3 is 1. The van der Waals surface area contributed by atoms with Crippen molar-refractivity contribution >= 4 is 35.0 Å². The van der Waals surface area contributed by atoms with Crippen LogP contribution in [-0.2, 0) is 0 Å². The lowest BCUT2D eigenvalue weighted by atomic mass is 10.0. The van der Waals surface area contributed by atoms with Gasteiger partial charge >= 0.3 is 11.9 Å². The van der Waals surface area contributed by atoms with Crippen molar-refractivity contribution in [3.63, 3.8) is 0 Å². The molecule has 0 amide bonds. The first kappa shape index (κ1) is 28.4. The smallest absolute Gasteiger partial charge is 0.335 e. The number of anilines is 1. The molecule has 0 spiro atoms. The third-order valence-corrected chi connectivity index (χ3v) is 7.45. The quantitative estimate of drug-likeness (QED) is 0.154. The first-order valence-electron chi connectivity index (χ1n) is 13.4. The van der Waals surface area contributed by atoms with E-state index in [4.69, 9.17) is 26.1 Å². The Morgan fingerprint density at radius 3 is 2.09 bits per heavy atom. The molecule has 3 N–H and O–H groups in total. The molecule has 220 valence electrons. The van der Waals surface area contributed by atoms with Crippen LogP contribution in [0.3, 0.4) is 0 Å². The molecule has 0 saturated carbocycles. The summed E-state index contributed by atoms with van der Waals surface area (Å²) in [7, 11) is 1.60. The van der Waals surface area contributed by atoms with Gasteiger partial charge in [0.1, 0.15) is 34.8 Å². The summed E-state index contributed by atoms with van der Waals surface area (Å²) in [5.41, 5.74) is 1.51. The minimum Gasteiger partial charge on any atom is -0.497 e. The predicted octanol–water partition coefficient (Wildman–Crippen LogP) is 6.72. The highest BCUT2D eigenvalue weighted by atomic mass is 32.1. The van der Waals surface area contributed by atoms with Crippen molar-refractivity contribution in [1.82, 2.24) is 10.3 Å². The number of carboxylic acids is 2. The van der Waals surface area contributed by atoms with E-state index < -0.39 is 24.0 Å².